The van der Waals surface area contributed by atoms with Crippen LogP contribution in [0.4, 0.5) is 0 Å². The molecule has 0 aliphatic heterocycles. The highest BCUT2D eigenvalue weighted by Gasteiger charge is 2.30. The molecule has 1 aliphatic rings. The second-order valence-corrected chi connectivity index (χ2v) is 5.53. The van der Waals surface area contributed by atoms with Crippen molar-refractivity contribution in [3.63, 3.8) is 0 Å². The van der Waals surface area contributed by atoms with Gasteiger partial charge in [-0.05, 0) is 45.2 Å². The molecule has 0 bridgehead atoms. The lowest BCUT2D eigenvalue weighted by Gasteiger charge is -2.27. The first kappa shape index (κ1) is 12.6. The summed E-state index contributed by atoms with van der Waals surface area (Å²) in [5.41, 5.74) is 8.80. The lowest BCUT2D eigenvalue weighted by Crippen LogP contribution is -2.36. The first-order valence-corrected chi connectivity index (χ1v) is 6.60. The first-order chi connectivity index (χ1) is 8.08. The van der Waals surface area contributed by atoms with Crippen LogP contribution in [0.2, 0.25) is 0 Å². The van der Waals surface area contributed by atoms with Gasteiger partial charge in [0.15, 0.2) is 0 Å². The molecule has 17 heavy (non-hydrogen) atoms. The van der Waals surface area contributed by atoms with E-state index in [2.05, 4.69) is 50.1 Å². The molecule has 2 heteroatoms. The summed E-state index contributed by atoms with van der Waals surface area (Å²) in [7, 11) is 2.19. The van der Waals surface area contributed by atoms with Crippen LogP contribution in [0, 0.1) is 12.8 Å². The number of nitrogens with two attached hydrogens (primary N) is 1. The molecular weight excluding hydrogens is 208 g/mol. The van der Waals surface area contributed by atoms with Gasteiger partial charge in [0, 0.05) is 18.6 Å². The normalized spacial score (nSPS) is 19.4. The molecule has 2 unspecified atom stereocenters. The van der Waals surface area contributed by atoms with Gasteiger partial charge in [-0.3, -0.25) is 0 Å². The highest BCUT2D eigenvalue weighted by molar-refractivity contribution is 5.24. The van der Waals surface area contributed by atoms with E-state index in [-0.39, 0.29) is 6.04 Å². The number of hydrogen-bond acceptors (Lipinski definition) is 2. The van der Waals surface area contributed by atoms with E-state index < -0.39 is 0 Å². The predicted octanol–water partition coefficient (Wildman–Crippen LogP) is 2.73. The van der Waals surface area contributed by atoms with Gasteiger partial charge >= 0.3 is 0 Å². The van der Waals surface area contributed by atoms with Crippen LogP contribution >= 0.6 is 0 Å². The maximum absolute atomic E-state index is 6.26. The summed E-state index contributed by atoms with van der Waals surface area (Å²) in [5, 5.41) is 0. The average Bonchev–Trinajstić information content (AvgIpc) is 3.12. The van der Waals surface area contributed by atoms with E-state index in [0.717, 1.165) is 12.5 Å². The van der Waals surface area contributed by atoms with Crippen molar-refractivity contribution >= 4 is 0 Å². The highest BCUT2D eigenvalue weighted by atomic mass is 15.1. The third-order valence-corrected chi connectivity index (χ3v) is 3.99. The Morgan fingerprint density at radius 2 is 1.88 bits per heavy atom. The number of aryl methyl sites for hydroxylation is 1. The molecule has 0 heterocycles. The van der Waals surface area contributed by atoms with Gasteiger partial charge in [0.2, 0.25) is 0 Å². The lowest BCUT2D eigenvalue weighted by atomic mass is 10.0. The van der Waals surface area contributed by atoms with Crippen LogP contribution in [0.25, 0.3) is 0 Å². The second kappa shape index (κ2) is 5.19. The Labute approximate surface area is 105 Å². The highest BCUT2D eigenvalue weighted by Crippen LogP contribution is 2.34. The van der Waals surface area contributed by atoms with Gasteiger partial charge in [-0.15, -0.1) is 0 Å². The second-order valence-electron chi connectivity index (χ2n) is 5.53. The van der Waals surface area contributed by atoms with Gasteiger partial charge in [-0.1, -0.05) is 29.8 Å². The number of likely N-dealkylation sites (N-methyl/N-ethyl adjacent to an activating group) is 1. The summed E-state index contributed by atoms with van der Waals surface area (Å²) < 4.78 is 0. The minimum Gasteiger partial charge on any atom is -0.323 e. The molecule has 0 aromatic heterocycles. The monoisotopic (exact) mass is 232 g/mol. The fourth-order valence-corrected chi connectivity index (χ4v) is 2.33. The van der Waals surface area contributed by atoms with Crippen molar-refractivity contribution in [1.82, 2.24) is 4.90 Å². The van der Waals surface area contributed by atoms with Gasteiger partial charge in [0.25, 0.3) is 0 Å². The van der Waals surface area contributed by atoms with E-state index >= 15 is 0 Å². The van der Waals surface area contributed by atoms with Crippen molar-refractivity contribution in [3.8, 4) is 0 Å². The molecule has 2 rings (SSSR count). The Morgan fingerprint density at radius 3 is 2.41 bits per heavy atom. The van der Waals surface area contributed by atoms with Crippen LogP contribution in [0.5, 0.6) is 0 Å². The summed E-state index contributed by atoms with van der Waals surface area (Å²) >= 11 is 0. The smallest absolute Gasteiger partial charge is 0.0424 e. The Morgan fingerprint density at radius 1 is 1.29 bits per heavy atom. The third-order valence-electron chi connectivity index (χ3n) is 3.99. The predicted molar refractivity (Wildman–Crippen MR) is 72.9 cm³/mol. The van der Waals surface area contributed by atoms with E-state index in [1.165, 1.54) is 24.0 Å². The molecule has 2 atom stereocenters. The van der Waals surface area contributed by atoms with Crippen molar-refractivity contribution in [2.45, 2.75) is 38.8 Å². The molecule has 0 saturated heterocycles. The van der Waals surface area contributed by atoms with Crippen molar-refractivity contribution in [2.24, 2.45) is 11.7 Å². The first-order valence-electron chi connectivity index (χ1n) is 6.60. The maximum atomic E-state index is 6.26. The molecular formula is C15H24N2. The zero-order chi connectivity index (χ0) is 12.4. The molecule has 2 nitrogen and oxygen atoms in total. The van der Waals surface area contributed by atoms with Crippen LogP contribution in [-0.2, 0) is 0 Å². The van der Waals surface area contributed by atoms with Crippen molar-refractivity contribution in [2.75, 3.05) is 13.6 Å². The minimum absolute atomic E-state index is 0.127. The van der Waals surface area contributed by atoms with E-state index in [9.17, 15) is 0 Å². The van der Waals surface area contributed by atoms with Gasteiger partial charge in [0.05, 0.1) is 0 Å². The molecule has 1 aliphatic carbocycles. The minimum atomic E-state index is 0.127. The Balaban J connectivity index is 1.91. The van der Waals surface area contributed by atoms with Crippen molar-refractivity contribution < 1.29 is 0 Å². The van der Waals surface area contributed by atoms with E-state index in [4.69, 9.17) is 5.73 Å². The van der Waals surface area contributed by atoms with Gasteiger partial charge in [0.1, 0.15) is 0 Å². The summed E-state index contributed by atoms with van der Waals surface area (Å²) in [6.07, 6.45) is 2.79. The van der Waals surface area contributed by atoms with E-state index in [1.807, 2.05) is 0 Å². The van der Waals surface area contributed by atoms with Crippen molar-refractivity contribution in [1.29, 1.82) is 0 Å². The maximum Gasteiger partial charge on any atom is 0.0424 e. The standard InChI is InChI=1S/C15H24N2/c1-11-4-6-14(7-5-11)15(16)10-17(3)12(2)13-8-9-13/h4-7,12-13,15H,8-10,16H2,1-3H3. The van der Waals surface area contributed by atoms with Crippen LogP contribution < -0.4 is 5.73 Å². The quantitative estimate of drug-likeness (QED) is 0.846. The van der Waals surface area contributed by atoms with E-state index in [1.54, 1.807) is 0 Å². The van der Waals surface area contributed by atoms with Gasteiger partial charge in [-0.25, -0.2) is 0 Å². The van der Waals surface area contributed by atoms with Crippen molar-refractivity contribution in [3.05, 3.63) is 35.4 Å². The molecule has 1 aromatic carbocycles. The molecule has 0 spiro atoms. The fourth-order valence-electron chi connectivity index (χ4n) is 2.33. The number of rotatable bonds is 5. The summed E-state index contributed by atoms with van der Waals surface area (Å²) in [4.78, 5) is 2.40. The average molecular weight is 232 g/mol. The Bertz CT molecular complexity index is 354. The van der Waals surface area contributed by atoms with Crippen LogP contribution in [-0.4, -0.2) is 24.5 Å². The molecule has 1 aromatic rings. The number of hydrogen-bond donors (Lipinski definition) is 1. The van der Waals surface area contributed by atoms with E-state index in [0.29, 0.717) is 6.04 Å². The molecule has 1 saturated carbocycles. The molecule has 2 N–H and O–H groups in total. The molecule has 0 amide bonds. The summed E-state index contributed by atoms with van der Waals surface area (Å²) in [6.45, 7) is 5.37. The largest absolute Gasteiger partial charge is 0.323 e. The SMILES string of the molecule is Cc1ccc(C(N)CN(C)C(C)C2CC2)cc1. The van der Waals surface area contributed by atoms with Gasteiger partial charge < -0.3 is 10.6 Å². The van der Waals surface area contributed by atoms with Gasteiger partial charge in [-0.2, -0.15) is 0 Å². The molecule has 0 radical (unpaired) electrons. The number of benzene rings is 1. The Kier molecular flexibility index (Phi) is 3.85. The summed E-state index contributed by atoms with van der Waals surface area (Å²) in [6, 6.07) is 9.37. The zero-order valence-electron chi connectivity index (χ0n) is 11.2. The fraction of sp³-hybridized carbons (Fsp3) is 0.600. The van der Waals surface area contributed by atoms with Crippen LogP contribution in [0.3, 0.4) is 0 Å². The Hall–Kier alpha value is -0.860. The molecule has 94 valence electrons. The lowest BCUT2D eigenvalue weighted by molar-refractivity contribution is 0.221. The topological polar surface area (TPSA) is 29.3 Å². The molecule has 1 fully saturated rings. The van der Waals surface area contributed by atoms with Crippen LogP contribution in [0.15, 0.2) is 24.3 Å². The third kappa shape index (κ3) is 3.30. The number of nitrogens with zero attached hydrogens (tertiary/aromatic N) is 1. The summed E-state index contributed by atoms with van der Waals surface area (Å²) in [5.74, 6) is 0.908. The zero-order valence-corrected chi connectivity index (χ0v) is 11.2. The van der Waals surface area contributed by atoms with Crippen LogP contribution in [0.1, 0.15) is 36.9 Å².